The van der Waals surface area contributed by atoms with Crippen LogP contribution in [0.5, 0.6) is 0 Å². The van der Waals surface area contributed by atoms with Crippen molar-refractivity contribution >= 4 is 57.5 Å². The largest absolute Gasteiger partial charge is 0.462 e. The monoisotopic (exact) mass is 531 g/mol. The molecule has 0 aliphatic carbocycles. The van der Waals surface area contributed by atoms with Crippen LogP contribution in [0.2, 0.25) is 10.0 Å². The molecule has 186 valence electrons. The maximum Gasteiger partial charge on any atom is 0.350 e. The topological polar surface area (TPSA) is 117 Å². The van der Waals surface area contributed by atoms with Gasteiger partial charge in [0.25, 0.3) is 11.8 Å². The van der Waals surface area contributed by atoms with Crippen LogP contribution in [0.4, 0.5) is 5.13 Å². The number of halogens is 2. The minimum Gasteiger partial charge on any atom is -0.462 e. The standard InChI is InChI=1S/C21H27Cl2N5O5S/c1-6-33-20(31)17-16(19(30)27(3)4)26-21(34-17)28-8-7-11(12(9-28)32-5)25-18(29)15-14(23)13(22)10(2)24-15/h11-12,24H,6-9H2,1-5H3,(H,25,29). The Balaban J connectivity index is 1.78. The van der Waals surface area contributed by atoms with E-state index in [4.69, 9.17) is 32.7 Å². The van der Waals surface area contributed by atoms with Crippen molar-refractivity contribution in [2.75, 3.05) is 45.8 Å². The van der Waals surface area contributed by atoms with Gasteiger partial charge in [0.05, 0.1) is 28.8 Å². The average molecular weight is 532 g/mol. The van der Waals surface area contributed by atoms with Crippen LogP contribution in [0, 0.1) is 6.92 Å². The van der Waals surface area contributed by atoms with Crippen molar-refractivity contribution in [3.05, 3.63) is 32.0 Å². The number of ether oxygens (including phenoxy) is 2. The summed E-state index contributed by atoms with van der Waals surface area (Å²) in [7, 11) is 4.75. The molecule has 1 aliphatic rings. The average Bonchev–Trinajstić information content (AvgIpc) is 3.36. The van der Waals surface area contributed by atoms with Crippen molar-refractivity contribution in [3.63, 3.8) is 0 Å². The zero-order valence-electron chi connectivity index (χ0n) is 19.5. The number of thiazole rings is 1. The molecule has 34 heavy (non-hydrogen) atoms. The molecule has 2 unspecified atom stereocenters. The number of rotatable bonds is 7. The van der Waals surface area contributed by atoms with E-state index in [1.165, 1.54) is 4.90 Å². The van der Waals surface area contributed by atoms with E-state index in [1.807, 2.05) is 4.90 Å². The van der Waals surface area contributed by atoms with Crippen molar-refractivity contribution in [1.29, 1.82) is 0 Å². The molecule has 3 rings (SSSR count). The van der Waals surface area contributed by atoms with E-state index in [2.05, 4.69) is 15.3 Å². The van der Waals surface area contributed by atoms with Crippen molar-refractivity contribution in [2.45, 2.75) is 32.4 Å². The van der Waals surface area contributed by atoms with Gasteiger partial charge in [-0.2, -0.15) is 0 Å². The first kappa shape index (κ1) is 26.3. The van der Waals surface area contributed by atoms with Gasteiger partial charge >= 0.3 is 5.97 Å². The fourth-order valence-corrected chi connectivity index (χ4v) is 5.00. The molecule has 0 bridgehead atoms. The van der Waals surface area contributed by atoms with Crippen molar-refractivity contribution in [2.24, 2.45) is 0 Å². The lowest BCUT2D eigenvalue weighted by molar-refractivity contribution is 0.0525. The van der Waals surface area contributed by atoms with Crippen molar-refractivity contribution in [1.82, 2.24) is 20.2 Å². The Morgan fingerprint density at radius 1 is 1.29 bits per heavy atom. The summed E-state index contributed by atoms with van der Waals surface area (Å²) >= 11 is 13.4. The van der Waals surface area contributed by atoms with Crippen LogP contribution in [0.15, 0.2) is 0 Å². The number of H-pyrrole nitrogens is 1. The fourth-order valence-electron chi connectivity index (χ4n) is 3.60. The van der Waals surface area contributed by atoms with E-state index >= 15 is 0 Å². The number of esters is 1. The number of carbonyl (C=O) groups excluding carboxylic acids is 3. The molecular formula is C21H27Cl2N5O5S. The number of hydrogen-bond acceptors (Lipinski definition) is 8. The maximum absolute atomic E-state index is 12.8. The summed E-state index contributed by atoms with van der Waals surface area (Å²) in [4.78, 5) is 48.6. The molecule has 0 radical (unpaired) electrons. The van der Waals surface area contributed by atoms with Crippen molar-refractivity contribution in [3.8, 4) is 0 Å². The number of anilines is 1. The second kappa shape index (κ2) is 10.9. The number of nitrogens with zero attached hydrogens (tertiary/aromatic N) is 3. The van der Waals surface area contributed by atoms with Gasteiger partial charge < -0.3 is 29.6 Å². The van der Waals surface area contributed by atoms with Gasteiger partial charge in [-0.3, -0.25) is 9.59 Å². The molecule has 0 spiro atoms. The highest BCUT2D eigenvalue weighted by Crippen LogP contribution is 2.32. The molecule has 0 aromatic carbocycles. The Morgan fingerprint density at radius 2 is 2.00 bits per heavy atom. The predicted octanol–water partition coefficient (Wildman–Crippen LogP) is 2.99. The van der Waals surface area contributed by atoms with Crippen LogP contribution in [0.1, 0.15) is 49.7 Å². The SMILES string of the molecule is CCOC(=O)c1sc(N2CCC(NC(=O)c3[nH]c(C)c(Cl)c3Cl)C(OC)C2)nc1C(=O)N(C)C. The smallest absolute Gasteiger partial charge is 0.350 e. The lowest BCUT2D eigenvalue weighted by Crippen LogP contribution is -2.55. The highest BCUT2D eigenvalue weighted by atomic mass is 35.5. The zero-order valence-corrected chi connectivity index (χ0v) is 21.9. The van der Waals surface area contributed by atoms with Crippen LogP contribution >= 0.6 is 34.5 Å². The Labute approximate surface area is 211 Å². The molecule has 2 atom stereocenters. The van der Waals surface area contributed by atoms with Gasteiger partial charge in [0.2, 0.25) is 0 Å². The Morgan fingerprint density at radius 3 is 2.56 bits per heavy atom. The number of nitrogens with one attached hydrogen (secondary N) is 2. The first-order chi connectivity index (χ1) is 16.1. The normalized spacial score (nSPS) is 18.0. The number of carbonyl (C=O) groups is 3. The van der Waals surface area contributed by atoms with Gasteiger partial charge in [-0.25, -0.2) is 9.78 Å². The third-order valence-corrected chi connectivity index (χ3v) is 7.46. The summed E-state index contributed by atoms with van der Waals surface area (Å²) in [5, 5.41) is 3.96. The molecule has 3 heterocycles. The van der Waals surface area contributed by atoms with E-state index in [0.29, 0.717) is 35.4 Å². The van der Waals surface area contributed by atoms with E-state index in [1.54, 1.807) is 35.1 Å². The number of aromatic amines is 1. The molecule has 13 heteroatoms. The van der Waals surface area contributed by atoms with E-state index in [-0.39, 0.29) is 51.9 Å². The summed E-state index contributed by atoms with van der Waals surface area (Å²) < 4.78 is 10.8. The van der Waals surface area contributed by atoms with Gasteiger partial charge in [-0.15, -0.1) is 0 Å². The lowest BCUT2D eigenvalue weighted by atomic mass is 10.0. The summed E-state index contributed by atoms with van der Waals surface area (Å²) in [5.41, 5.74) is 0.868. The summed E-state index contributed by atoms with van der Waals surface area (Å²) in [6, 6.07) is -0.292. The maximum atomic E-state index is 12.8. The van der Waals surface area contributed by atoms with Gasteiger partial charge in [-0.1, -0.05) is 34.5 Å². The quantitative estimate of drug-likeness (QED) is 0.527. The Bertz CT molecular complexity index is 1090. The van der Waals surface area contributed by atoms with Gasteiger partial charge in [-0.05, 0) is 20.3 Å². The Kier molecular flexibility index (Phi) is 8.45. The number of aromatic nitrogens is 2. The first-order valence-electron chi connectivity index (χ1n) is 10.6. The highest BCUT2D eigenvalue weighted by Gasteiger charge is 2.35. The second-order valence-electron chi connectivity index (χ2n) is 7.94. The minimum atomic E-state index is -0.585. The fraction of sp³-hybridized carbons (Fsp3) is 0.524. The molecule has 1 aliphatic heterocycles. The van der Waals surface area contributed by atoms with Crippen LogP contribution in [-0.4, -0.2) is 85.7 Å². The second-order valence-corrected chi connectivity index (χ2v) is 9.67. The third-order valence-electron chi connectivity index (χ3n) is 5.42. The van der Waals surface area contributed by atoms with Crippen LogP contribution < -0.4 is 10.2 Å². The van der Waals surface area contributed by atoms with E-state index < -0.39 is 5.97 Å². The summed E-state index contributed by atoms with van der Waals surface area (Å²) in [6.45, 7) is 4.54. The molecule has 1 saturated heterocycles. The third kappa shape index (κ3) is 5.32. The van der Waals surface area contributed by atoms with Crippen LogP contribution in [0.25, 0.3) is 0 Å². The first-order valence-corrected chi connectivity index (χ1v) is 12.2. The summed E-state index contributed by atoms with van der Waals surface area (Å²) in [6.07, 6.45) is 0.173. The highest BCUT2D eigenvalue weighted by molar-refractivity contribution is 7.17. The summed E-state index contributed by atoms with van der Waals surface area (Å²) in [5.74, 6) is -1.34. The Hall–Kier alpha value is -2.34. The lowest BCUT2D eigenvalue weighted by Gasteiger charge is -2.37. The molecule has 0 saturated carbocycles. The number of piperidine rings is 1. The van der Waals surface area contributed by atoms with E-state index in [9.17, 15) is 14.4 Å². The number of hydrogen-bond donors (Lipinski definition) is 2. The number of amides is 2. The van der Waals surface area contributed by atoms with Crippen LogP contribution in [0.3, 0.4) is 0 Å². The van der Waals surface area contributed by atoms with Gasteiger partial charge in [0, 0.05) is 40.0 Å². The molecule has 1 fully saturated rings. The van der Waals surface area contributed by atoms with Crippen molar-refractivity contribution < 1.29 is 23.9 Å². The molecule has 2 amide bonds. The predicted molar refractivity (Wildman–Crippen MR) is 131 cm³/mol. The van der Waals surface area contributed by atoms with Crippen LogP contribution in [-0.2, 0) is 9.47 Å². The molecule has 2 aromatic rings. The molecule has 10 nitrogen and oxygen atoms in total. The van der Waals surface area contributed by atoms with E-state index in [0.717, 1.165) is 11.3 Å². The number of aryl methyl sites for hydroxylation is 1. The molecule has 2 aromatic heterocycles. The van der Waals surface area contributed by atoms with Gasteiger partial charge in [0.15, 0.2) is 10.8 Å². The molecular weight excluding hydrogens is 505 g/mol. The number of methoxy groups -OCH3 is 1. The molecule has 2 N–H and O–H groups in total. The zero-order chi connectivity index (χ0) is 25.2. The minimum absolute atomic E-state index is 0.0569. The van der Waals surface area contributed by atoms with Gasteiger partial charge in [0.1, 0.15) is 10.6 Å².